The molecule has 6 heteroatoms. The first-order chi connectivity index (χ1) is 8.40. The van der Waals surface area contributed by atoms with E-state index in [1.54, 1.807) is 0 Å². The van der Waals surface area contributed by atoms with Gasteiger partial charge in [0.15, 0.2) is 0 Å². The third-order valence-corrected chi connectivity index (χ3v) is 3.79. The van der Waals surface area contributed by atoms with Gasteiger partial charge in [0.1, 0.15) is 12.1 Å². The number of piperidine rings is 1. The summed E-state index contributed by atoms with van der Waals surface area (Å²) in [7, 11) is 0. The summed E-state index contributed by atoms with van der Waals surface area (Å²) >= 11 is 0. The molecule has 2 heterocycles. The second-order valence-electron chi connectivity index (χ2n) is 5.74. The van der Waals surface area contributed by atoms with Crippen LogP contribution in [0, 0.1) is 5.41 Å². The molecule has 0 spiro atoms. The number of carboxylic acid groups (broad SMARTS) is 1. The SMILES string of the molecule is CC1(C)CCCN(CC2CNC(=O)O2)C1C(=O)O. The number of carbonyl (C=O) groups is 2. The van der Waals surface area contributed by atoms with Crippen molar-refractivity contribution in [3.8, 4) is 0 Å². The van der Waals surface area contributed by atoms with E-state index < -0.39 is 18.1 Å². The maximum atomic E-state index is 11.5. The number of nitrogens with one attached hydrogen (secondary N) is 1. The van der Waals surface area contributed by atoms with E-state index in [2.05, 4.69) is 5.32 Å². The summed E-state index contributed by atoms with van der Waals surface area (Å²) in [4.78, 5) is 24.4. The molecule has 2 saturated heterocycles. The third-order valence-electron chi connectivity index (χ3n) is 3.79. The van der Waals surface area contributed by atoms with Gasteiger partial charge in [0.05, 0.1) is 6.54 Å². The first-order valence-electron chi connectivity index (χ1n) is 6.31. The van der Waals surface area contributed by atoms with Crippen LogP contribution >= 0.6 is 0 Å². The molecule has 102 valence electrons. The highest BCUT2D eigenvalue weighted by Crippen LogP contribution is 2.35. The molecule has 2 fully saturated rings. The van der Waals surface area contributed by atoms with E-state index in [9.17, 15) is 14.7 Å². The Balaban J connectivity index is 2.05. The summed E-state index contributed by atoms with van der Waals surface area (Å²) in [5.41, 5.74) is -0.250. The van der Waals surface area contributed by atoms with E-state index in [0.717, 1.165) is 19.4 Å². The zero-order valence-corrected chi connectivity index (χ0v) is 10.8. The predicted molar refractivity (Wildman–Crippen MR) is 64.3 cm³/mol. The van der Waals surface area contributed by atoms with Crippen LogP contribution in [0.1, 0.15) is 26.7 Å². The zero-order chi connectivity index (χ0) is 13.3. The first-order valence-corrected chi connectivity index (χ1v) is 6.31. The number of nitrogens with zero attached hydrogens (tertiary/aromatic N) is 1. The lowest BCUT2D eigenvalue weighted by Crippen LogP contribution is -2.56. The molecule has 2 unspecified atom stereocenters. The van der Waals surface area contributed by atoms with Gasteiger partial charge in [-0.25, -0.2) is 4.79 Å². The average molecular weight is 256 g/mol. The van der Waals surface area contributed by atoms with Crippen LogP contribution in [0.2, 0.25) is 0 Å². The van der Waals surface area contributed by atoms with Gasteiger partial charge in [-0.15, -0.1) is 0 Å². The molecule has 0 aromatic carbocycles. The summed E-state index contributed by atoms with van der Waals surface area (Å²) in [6.45, 7) is 5.66. The first kappa shape index (κ1) is 13.1. The highest BCUT2D eigenvalue weighted by Gasteiger charge is 2.43. The Kier molecular flexibility index (Phi) is 3.47. The van der Waals surface area contributed by atoms with Crippen LogP contribution in [0.15, 0.2) is 0 Å². The van der Waals surface area contributed by atoms with Crippen molar-refractivity contribution in [3.63, 3.8) is 0 Å². The van der Waals surface area contributed by atoms with E-state index in [1.807, 2.05) is 18.7 Å². The van der Waals surface area contributed by atoms with Gasteiger partial charge in [0.25, 0.3) is 0 Å². The Morgan fingerprint density at radius 2 is 2.33 bits per heavy atom. The third kappa shape index (κ3) is 2.58. The number of alkyl carbamates (subject to hydrolysis) is 1. The topological polar surface area (TPSA) is 78.9 Å². The largest absolute Gasteiger partial charge is 0.480 e. The molecule has 0 saturated carbocycles. The molecular formula is C12H20N2O4. The monoisotopic (exact) mass is 256 g/mol. The van der Waals surface area contributed by atoms with Gasteiger partial charge < -0.3 is 15.2 Å². The molecule has 2 atom stereocenters. The van der Waals surface area contributed by atoms with Crippen molar-refractivity contribution in [2.75, 3.05) is 19.6 Å². The summed E-state index contributed by atoms with van der Waals surface area (Å²) in [5.74, 6) is -0.794. The molecule has 0 bridgehead atoms. The summed E-state index contributed by atoms with van der Waals surface area (Å²) in [5, 5.41) is 12.0. The van der Waals surface area contributed by atoms with Gasteiger partial charge in [-0.3, -0.25) is 9.69 Å². The summed E-state index contributed by atoms with van der Waals surface area (Å²) < 4.78 is 5.08. The smallest absolute Gasteiger partial charge is 0.407 e. The van der Waals surface area contributed by atoms with Crippen LogP contribution in [0.25, 0.3) is 0 Å². The minimum Gasteiger partial charge on any atom is -0.480 e. The van der Waals surface area contributed by atoms with E-state index in [1.165, 1.54) is 0 Å². The highest BCUT2D eigenvalue weighted by molar-refractivity contribution is 5.75. The Morgan fingerprint density at radius 3 is 2.89 bits per heavy atom. The van der Waals surface area contributed by atoms with Crippen LogP contribution in [0.4, 0.5) is 4.79 Å². The second kappa shape index (κ2) is 4.76. The van der Waals surface area contributed by atoms with Crippen molar-refractivity contribution in [1.82, 2.24) is 10.2 Å². The molecule has 2 aliphatic heterocycles. The molecule has 18 heavy (non-hydrogen) atoms. The van der Waals surface area contributed by atoms with Gasteiger partial charge in [-0.2, -0.15) is 0 Å². The lowest BCUT2D eigenvalue weighted by Gasteiger charge is -2.44. The van der Waals surface area contributed by atoms with Crippen molar-refractivity contribution in [2.24, 2.45) is 5.41 Å². The number of hydrogen-bond acceptors (Lipinski definition) is 4. The Morgan fingerprint density at radius 1 is 1.61 bits per heavy atom. The maximum Gasteiger partial charge on any atom is 0.407 e. The Labute approximate surface area is 106 Å². The molecule has 0 aliphatic carbocycles. The molecule has 1 amide bonds. The van der Waals surface area contributed by atoms with Crippen LogP contribution in [0.5, 0.6) is 0 Å². The van der Waals surface area contributed by atoms with E-state index >= 15 is 0 Å². The average Bonchev–Trinajstić information content (AvgIpc) is 2.61. The summed E-state index contributed by atoms with van der Waals surface area (Å²) in [6.07, 6.45) is 1.23. The number of ether oxygens (including phenoxy) is 1. The maximum absolute atomic E-state index is 11.5. The molecule has 2 N–H and O–H groups in total. The molecular weight excluding hydrogens is 236 g/mol. The predicted octanol–water partition coefficient (Wildman–Crippen LogP) is 0.670. The van der Waals surface area contributed by atoms with Gasteiger partial charge in [0.2, 0.25) is 0 Å². The molecule has 2 rings (SSSR count). The van der Waals surface area contributed by atoms with E-state index in [-0.39, 0.29) is 11.5 Å². The van der Waals surface area contributed by atoms with E-state index in [0.29, 0.717) is 13.1 Å². The molecule has 6 nitrogen and oxygen atoms in total. The van der Waals surface area contributed by atoms with Gasteiger partial charge in [-0.05, 0) is 24.8 Å². The molecule has 0 aromatic heterocycles. The van der Waals surface area contributed by atoms with Crippen LogP contribution in [-0.4, -0.2) is 53.8 Å². The number of cyclic esters (lactones) is 1. The van der Waals surface area contributed by atoms with Crippen molar-refractivity contribution >= 4 is 12.1 Å². The summed E-state index contributed by atoms with van der Waals surface area (Å²) in [6, 6.07) is -0.509. The van der Waals surface area contributed by atoms with Crippen LogP contribution in [-0.2, 0) is 9.53 Å². The number of hydrogen-bond donors (Lipinski definition) is 2. The van der Waals surface area contributed by atoms with Gasteiger partial charge >= 0.3 is 12.1 Å². The molecule has 0 radical (unpaired) electrons. The number of carboxylic acids is 1. The fourth-order valence-electron chi connectivity index (χ4n) is 2.98. The number of likely N-dealkylation sites (tertiary alicyclic amines) is 1. The number of rotatable bonds is 3. The van der Waals surface area contributed by atoms with Crippen molar-refractivity contribution < 1.29 is 19.4 Å². The number of amides is 1. The van der Waals surface area contributed by atoms with Crippen molar-refractivity contribution in [3.05, 3.63) is 0 Å². The normalized spacial score (nSPS) is 31.8. The fraction of sp³-hybridized carbons (Fsp3) is 0.833. The zero-order valence-electron chi connectivity index (χ0n) is 10.8. The molecule has 0 aromatic rings. The van der Waals surface area contributed by atoms with Gasteiger partial charge in [-0.1, -0.05) is 13.8 Å². The number of carbonyl (C=O) groups excluding carboxylic acids is 1. The fourth-order valence-corrected chi connectivity index (χ4v) is 2.98. The quantitative estimate of drug-likeness (QED) is 0.776. The van der Waals surface area contributed by atoms with Crippen LogP contribution in [0.3, 0.4) is 0 Å². The number of aliphatic carboxylic acids is 1. The minimum absolute atomic E-state index is 0.242. The van der Waals surface area contributed by atoms with Gasteiger partial charge in [0, 0.05) is 6.54 Å². The van der Waals surface area contributed by atoms with Crippen molar-refractivity contribution in [2.45, 2.75) is 38.8 Å². The highest BCUT2D eigenvalue weighted by atomic mass is 16.6. The lowest BCUT2D eigenvalue weighted by atomic mass is 9.76. The lowest BCUT2D eigenvalue weighted by molar-refractivity contribution is -0.151. The van der Waals surface area contributed by atoms with Crippen molar-refractivity contribution in [1.29, 1.82) is 0 Å². The molecule has 2 aliphatic rings. The Bertz CT molecular complexity index is 356. The standard InChI is InChI=1S/C12H20N2O4/c1-12(2)4-3-5-14(9(12)10(15)16)7-8-6-13-11(17)18-8/h8-9H,3-7H2,1-2H3,(H,13,17)(H,15,16). The van der Waals surface area contributed by atoms with E-state index in [4.69, 9.17) is 4.74 Å². The Hall–Kier alpha value is -1.30. The second-order valence-corrected chi connectivity index (χ2v) is 5.74. The van der Waals surface area contributed by atoms with Crippen LogP contribution < -0.4 is 5.32 Å². The minimum atomic E-state index is -0.794.